The fraction of sp³-hybridized carbons (Fsp3) is 0.556. The van der Waals surface area contributed by atoms with Crippen LogP contribution in [0.15, 0.2) is 12.1 Å². The minimum Gasteiger partial charge on any atom is -0.493 e. The van der Waals surface area contributed by atoms with Gasteiger partial charge in [0, 0.05) is 6.04 Å². The molecular weight excluding hydrogens is 346 g/mol. The van der Waals surface area contributed by atoms with Gasteiger partial charge in [0.05, 0.1) is 24.3 Å². The van der Waals surface area contributed by atoms with Gasteiger partial charge in [-0.1, -0.05) is 25.4 Å². The van der Waals surface area contributed by atoms with E-state index in [0.717, 1.165) is 12.8 Å². The predicted molar refractivity (Wildman–Crippen MR) is 94.4 cm³/mol. The van der Waals surface area contributed by atoms with E-state index >= 15 is 0 Å². The number of carbonyl (C=O) groups excluding carboxylic acids is 2. The number of methoxy groups -OCH3 is 1. The first-order chi connectivity index (χ1) is 11.8. The van der Waals surface area contributed by atoms with Crippen molar-refractivity contribution in [2.75, 3.05) is 13.7 Å². The number of rotatable bonds is 8. The molecule has 138 valence electrons. The lowest BCUT2D eigenvalue weighted by molar-refractivity contribution is -0.129. The molecule has 1 aliphatic rings. The van der Waals surface area contributed by atoms with E-state index in [0.29, 0.717) is 24.0 Å². The van der Waals surface area contributed by atoms with Crippen LogP contribution in [-0.2, 0) is 9.53 Å². The largest absolute Gasteiger partial charge is 0.493 e. The molecule has 0 saturated heterocycles. The SMILES string of the molecule is COc1cc(C(=O)O[C@@H](C)C(=O)NC2CC2)cc(Cl)c1OCC(C)C. The maximum Gasteiger partial charge on any atom is 0.339 e. The highest BCUT2D eigenvalue weighted by atomic mass is 35.5. The first kappa shape index (κ1) is 19.4. The van der Waals surface area contributed by atoms with Crippen LogP contribution in [0.4, 0.5) is 0 Å². The number of nitrogens with one attached hydrogen (secondary N) is 1. The zero-order valence-corrected chi connectivity index (χ0v) is 15.7. The Hall–Kier alpha value is -1.95. The molecule has 25 heavy (non-hydrogen) atoms. The number of carbonyl (C=O) groups is 2. The number of amides is 1. The smallest absolute Gasteiger partial charge is 0.339 e. The van der Waals surface area contributed by atoms with Crippen LogP contribution in [0, 0.1) is 5.92 Å². The van der Waals surface area contributed by atoms with E-state index in [4.69, 9.17) is 25.8 Å². The van der Waals surface area contributed by atoms with E-state index < -0.39 is 12.1 Å². The van der Waals surface area contributed by atoms with Crippen molar-refractivity contribution >= 4 is 23.5 Å². The van der Waals surface area contributed by atoms with Gasteiger partial charge in [0.15, 0.2) is 17.6 Å². The van der Waals surface area contributed by atoms with Gasteiger partial charge in [-0.05, 0) is 37.8 Å². The minimum absolute atomic E-state index is 0.199. The van der Waals surface area contributed by atoms with Crippen molar-refractivity contribution in [3.05, 3.63) is 22.7 Å². The first-order valence-corrected chi connectivity index (χ1v) is 8.71. The van der Waals surface area contributed by atoms with E-state index in [-0.39, 0.29) is 22.5 Å². The lowest BCUT2D eigenvalue weighted by atomic mass is 10.2. The molecule has 1 saturated carbocycles. The van der Waals surface area contributed by atoms with Gasteiger partial charge in [0.25, 0.3) is 5.91 Å². The molecule has 0 radical (unpaired) electrons. The summed E-state index contributed by atoms with van der Waals surface area (Å²) in [6, 6.07) is 3.16. The van der Waals surface area contributed by atoms with Crippen LogP contribution < -0.4 is 14.8 Å². The molecule has 1 aromatic rings. The normalized spacial score (nSPS) is 14.8. The monoisotopic (exact) mass is 369 g/mol. The molecule has 1 fully saturated rings. The molecule has 1 atom stereocenters. The van der Waals surface area contributed by atoms with Crippen LogP contribution in [0.5, 0.6) is 11.5 Å². The topological polar surface area (TPSA) is 73.9 Å². The molecule has 1 amide bonds. The van der Waals surface area contributed by atoms with E-state index in [2.05, 4.69) is 5.32 Å². The van der Waals surface area contributed by atoms with E-state index in [1.54, 1.807) is 0 Å². The van der Waals surface area contributed by atoms with Gasteiger partial charge in [-0.15, -0.1) is 0 Å². The Labute approximate surface area is 152 Å². The second-order valence-electron chi connectivity index (χ2n) is 6.52. The summed E-state index contributed by atoms with van der Waals surface area (Å²) in [5, 5.41) is 3.05. The predicted octanol–water partition coefficient (Wildman–Crippen LogP) is 3.21. The quantitative estimate of drug-likeness (QED) is 0.712. The Balaban J connectivity index is 2.08. The molecule has 6 nitrogen and oxygen atoms in total. The molecule has 2 rings (SSSR count). The highest BCUT2D eigenvalue weighted by molar-refractivity contribution is 6.32. The average Bonchev–Trinajstić information content (AvgIpc) is 3.36. The van der Waals surface area contributed by atoms with Gasteiger partial charge in [-0.3, -0.25) is 4.79 Å². The van der Waals surface area contributed by atoms with Crippen molar-refractivity contribution in [3.63, 3.8) is 0 Å². The molecule has 0 bridgehead atoms. The molecule has 1 aliphatic carbocycles. The number of hydrogen-bond donors (Lipinski definition) is 1. The summed E-state index contributed by atoms with van der Waals surface area (Å²) in [5.41, 5.74) is 0.199. The Morgan fingerprint density at radius 3 is 2.52 bits per heavy atom. The molecule has 1 aromatic carbocycles. The maximum absolute atomic E-state index is 12.3. The van der Waals surface area contributed by atoms with Crippen LogP contribution in [0.1, 0.15) is 44.0 Å². The Morgan fingerprint density at radius 1 is 1.28 bits per heavy atom. The molecule has 0 heterocycles. The van der Waals surface area contributed by atoms with Crippen molar-refractivity contribution < 1.29 is 23.8 Å². The number of ether oxygens (including phenoxy) is 3. The summed E-state index contributed by atoms with van der Waals surface area (Å²) < 4.78 is 16.1. The fourth-order valence-electron chi connectivity index (χ4n) is 2.06. The molecule has 0 spiro atoms. The van der Waals surface area contributed by atoms with Gasteiger partial charge in [-0.25, -0.2) is 4.79 Å². The van der Waals surface area contributed by atoms with Crippen LogP contribution >= 0.6 is 11.6 Å². The number of hydrogen-bond acceptors (Lipinski definition) is 5. The van der Waals surface area contributed by atoms with Crippen molar-refractivity contribution in [3.8, 4) is 11.5 Å². The third kappa shape index (κ3) is 5.53. The first-order valence-electron chi connectivity index (χ1n) is 8.33. The molecule has 7 heteroatoms. The molecule has 0 unspecified atom stereocenters. The van der Waals surface area contributed by atoms with E-state index in [1.807, 2.05) is 13.8 Å². The highest BCUT2D eigenvalue weighted by Crippen LogP contribution is 2.37. The molecule has 0 aromatic heterocycles. The van der Waals surface area contributed by atoms with Gasteiger partial charge >= 0.3 is 5.97 Å². The molecular formula is C18H24ClNO5. The Morgan fingerprint density at radius 2 is 1.96 bits per heavy atom. The van der Waals surface area contributed by atoms with Gasteiger partial charge in [0.1, 0.15) is 0 Å². The molecule has 1 N–H and O–H groups in total. The van der Waals surface area contributed by atoms with Crippen LogP contribution in [0.25, 0.3) is 0 Å². The maximum atomic E-state index is 12.3. The summed E-state index contributed by atoms with van der Waals surface area (Å²) in [6.45, 7) is 6.03. The van der Waals surface area contributed by atoms with E-state index in [1.165, 1.54) is 26.2 Å². The molecule has 0 aliphatic heterocycles. The summed E-state index contributed by atoms with van der Waals surface area (Å²) in [5.74, 6) is 0.0974. The summed E-state index contributed by atoms with van der Waals surface area (Å²) in [4.78, 5) is 24.2. The van der Waals surface area contributed by atoms with Crippen molar-refractivity contribution in [1.82, 2.24) is 5.32 Å². The van der Waals surface area contributed by atoms with Crippen molar-refractivity contribution in [2.45, 2.75) is 45.8 Å². The summed E-state index contributed by atoms with van der Waals surface area (Å²) in [6.07, 6.45) is 1.06. The van der Waals surface area contributed by atoms with Crippen LogP contribution in [0.2, 0.25) is 5.02 Å². The standard InChI is InChI=1S/C18H24ClNO5/c1-10(2)9-24-16-14(19)7-12(8-15(16)23-4)18(22)25-11(3)17(21)20-13-5-6-13/h7-8,10-11,13H,5-6,9H2,1-4H3,(H,20,21)/t11-/m0/s1. The van der Waals surface area contributed by atoms with Crippen LogP contribution in [0.3, 0.4) is 0 Å². The Kier molecular flexibility index (Phi) is 6.53. The summed E-state index contributed by atoms with van der Waals surface area (Å²) in [7, 11) is 1.47. The number of halogens is 1. The lowest BCUT2D eigenvalue weighted by Gasteiger charge is -2.16. The number of esters is 1. The highest BCUT2D eigenvalue weighted by Gasteiger charge is 2.28. The van der Waals surface area contributed by atoms with E-state index in [9.17, 15) is 9.59 Å². The van der Waals surface area contributed by atoms with Crippen LogP contribution in [-0.4, -0.2) is 37.7 Å². The van der Waals surface area contributed by atoms with Gasteiger partial charge in [-0.2, -0.15) is 0 Å². The van der Waals surface area contributed by atoms with Gasteiger partial charge < -0.3 is 19.5 Å². The van der Waals surface area contributed by atoms with Crippen molar-refractivity contribution in [1.29, 1.82) is 0 Å². The Bertz CT molecular complexity index is 643. The zero-order valence-electron chi connectivity index (χ0n) is 14.9. The average molecular weight is 370 g/mol. The second-order valence-corrected chi connectivity index (χ2v) is 6.93. The third-order valence-corrected chi connectivity index (χ3v) is 3.88. The fourth-order valence-corrected chi connectivity index (χ4v) is 2.32. The zero-order chi connectivity index (χ0) is 18.6. The number of benzene rings is 1. The lowest BCUT2D eigenvalue weighted by Crippen LogP contribution is -2.37. The second kappa shape index (κ2) is 8.43. The summed E-state index contributed by atoms with van der Waals surface area (Å²) >= 11 is 6.22. The minimum atomic E-state index is -0.880. The third-order valence-electron chi connectivity index (χ3n) is 3.60. The van der Waals surface area contributed by atoms with Gasteiger partial charge in [0.2, 0.25) is 0 Å². The van der Waals surface area contributed by atoms with Crippen molar-refractivity contribution in [2.24, 2.45) is 5.92 Å².